The first-order chi connectivity index (χ1) is 10.0. The van der Waals surface area contributed by atoms with Gasteiger partial charge in [-0.15, -0.1) is 0 Å². The molecule has 0 saturated carbocycles. The summed E-state index contributed by atoms with van der Waals surface area (Å²) in [5, 5.41) is 3.44. The molecule has 2 fully saturated rings. The minimum absolute atomic E-state index is 0.0269. The monoisotopic (exact) mass is 287 g/mol. The quantitative estimate of drug-likeness (QED) is 0.920. The molecule has 1 amide bonds. The number of carbonyl (C=O) groups excluding carboxylic acids is 1. The van der Waals surface area contributed by atoms with Gasteiger partial charge in [0.05, 0.1) is 6.04 Å². The Kier molecular flexibility index (Phi) is 4.00. The molecule has 2 heterocycles. The molecule has 4 heteroatoms. The highest BCUT2D eigenvalue weighted by Crippen LogP contribution is 2.28. The van der Waals surface area contributed by atoms with Crippen LogP contribution in [0.25, 0.3) is 0 Å². The van der Waals surface area contributed by atoms with Crippen molar-refractivity contribution in [2.24, 2.45) is 5.92 Å². The first-order valence-electron chi connectivity index (χ1n) is 7.86. The van der Waals surface area contributed by atoms with Gasteiger partial charge in [0.15, 0.2) is 0 Å². The van der Waals surface area contributed by atoms with Gasteiger partial charge in [0.1, 0.15) is 6.17 Å². The molecule has 2 aliphatic rings. The summed E-state index contributed by atoms with van der Waals surface area (Å²) in [7, 11) is 2.16. The molecule has 0 aromatic heterocycles. The molecular weight excluding hydrogens is 262 g/mol. The first-order valence-corrected chi connectivity index (χ1v) is 7.86. The highest BCUT2D eigenvalue weighted by atomic mass is 16.2. The molecule has 2 saturated heterocycles. The Hall–Kier alpha value is -1.39. The smallest absolute Gasteiger partial charge is 0.241 e. The summed E-state index contributed by atoms with van der Waals surface area (Å²) in [6, 6.07) is 8.41. The number of aryl methyl sites for hydroxylation is 1. The summed E-state index contributed by atoms with van der Waals surface area (Å²) in [5.41, 5.74) is 2.43. The van der Waals surface area contributed by atoms with Gasteiger partial charge in [-0.3, -0.25) is 10.1 Å². The predicted octanol–water partition coefficient (Wildman–Crippen LogP) is 1.77. The molecule has 0 bridgehead atoms. The number of hydrogen-bond donors (Lipinski definition) is 1. The van der Waals surface area contributed by atoms with Crippen molar-refractivity contribution < 1.29 is 4.79 Å². The normalized spacial score (nSPS) is 30.3. The molecule has 2 aliphatic heterocycles. The zero-order chi connectivity index (χ0) is 15.0. The fourth-order valence-electron chi connectivity index (χ4n) is 3.45. The highest BCUT2D eigenvalue weighted by Gasteiger charge is 2.38. The van der Waals surface area contributed by atoms with Crippen LogP contribution in [0.2, 0.25) is 0 Å². The molecule has 0 spiro atoms. The van der Waals surface area contributed by atoms with Crippen molar-refractivity contribution in [3.05, 3.63) is 35.4 Å². The van der Waals surface area contributed by atoms with E-state index >= 15 is 0 Å². The van der Waals surface area contributed by atoms with E-state index in [2.05, 4.69) is 48.5 Å². The van der Waals surface area contributed by atoms with E-state index in [0.29, 0.717) is 5.92 Å². The standard InChI is InChI=1S/C17H25N3O/c1-12-4-6-15(7-5-12)16-18-13(2)17(21)20(16)11-14-8-9-19(3)10-14/h4-7,13-14,16,18H,8-11H2,1-3H3. The highest BCUT2D eigenvalue weighted by molar-refractivity contribution is 5.84. The van der Waals surface area contributed by atoms with E-state index in [1.807, 2.05) is 11.8 Å². The van der Waals surface area contributed by atoms with Crippen LogP contribution in [0.15, 0.2) is 24.3 Å². The molecule has 1 N–H and O–H groups in total. The van der Waals surface area contributed by atoms with E-state index in [0.717, 1.165) is 19.6 Å². The van der Waals surface area contributed by atoms with Crippen molar-refractivity contribution in [3.63, 3.8) is 0 Å². The van der Waals surface area contributed by atoms with Crippen molar-refractivity contribution >= 4 is 5.91 Å². The molecule has 114 valence electrons. The molecule has 3 atom stereocenters. The lowest BCUT2D eigenvalue weighted by Crippen LogP contribution is -2.35. The van der Waals surface area contributed by atoms with Gasteiger partial charge in [0, 0.05) is 13.1 Å². The maximum absolute atomic E-state index is 12.5. The number of nitrogens with zero attached hydrogens (tertiary/aromatic N) is 2. The summed E-state index contributed by atoms with van der Waals surface area (Å²) in [6.45, 7) is 7.15. The van der Waals surface area contributed by atoms with Crippen molar-refractivity contribution in [1.82, 2.24) is 15.1 Å². The molecule has 3 unspecified atom stereocenters. The summed E-state index contributed by atoms with van der Waals surface area (Å²) in [6.07, 6.45) is 1.22. The third-order valence-corrected chi connectivity index (χ3v) is 4.71. The van der Waals surface area contributed by atoms with Gasteiger partial charge in [-0.25, -0.2) is 0 Å². The van der Waals surface area contributed by atoms with Crippen LogP contribution in [0.1, 0.15) is 30.6 Å². The molecule has 1 aromatic carbocycles. The van der Waals surface area contributed by atoms with E-state index in [4.69, 9.17) is 0 Å². The van der Waals surface area contributed by atoms with Gasteiger partial charge >= 0.3 is 0 Å². The Morgan fingerprint density at radius 2 is 2.00 bits per heavy atom. The maximum atomic E-state index is 12.5. The number of carbonyl (C=O) groups is 1. The second-order valence-corrected chi connectivity index (χ2v) is 6.61. The van der Waals surface area contributed by atoms with Crippen molar-refractivity contribution in [2.75, 3.05) is 26.7 Å². The number of amides is 1. The number of rotatable bonds is 3. The summed E-state index contributed by atoms with van der Waals surface area (Å²) in [5.74, 6) is 0.828. The topological polar surface area (TPSA) is 35.6 Å². The Balaban J connectivity index is 1.77. The van der Waals surface area contributed by atoms with E-state index < -0.39 is 0 Å². The Morgan fingerprint density at radius 3 is 2.62 bits per heavy atom. The second kappa shape index (κ2) is 5.78. The summed E-state index contributed by atoms with van der Waals surface area (Å²) in [4.78, 5) is 16.9. The predicted molar refractivity (Wildman–Crippen MR) is 83.8 cm³/mol. The Labute approximate surface area is 127 Å². The number of nitrogens with one attached hydrogen (secondary N) is 1. The van der Waals surface area contributed by atoms with Gasteiger partial charge in [-0.2, -0.15) is 0 Å². The van der Waals surface area contributed by atoms with Crippen molar-refractivity contribution in [2.45, 2.75) is 32.5 Å². The number of likely N-dealkylation sites (tertiary alicyclic amines) is 1. The van der Waals surface area contributed by atoms with Gasteiger partial charge in [0.2, 0.25) is 5.91 Å². The lowest BCUT2D eigenvalue weighted by molar-refractivity contribution is -0.130. The molecule has 3 rings (SSSR count). The molecule has 0 aliphatic carbocycles. The third kappa shape index (κ3) is 2.97. The average Bonchev–Trinajstić information content (AvgIpc) is 2.99. The van der Waals surface area contributed by atoms with E-state index in [1.165, 1.54) is 17.5 Å². The van der Waals surface area contributed by atoms with Gasteiger partial charge in [-0.1, -0.05) is 29.8 Å². The number of hydrogen-bond acceptors (Lipinski definition) is 3. The molecule has 21 heavy (non-hydrogen) atoms. The van der Waals surface area contributed by atoms with Crippen LogP contribution in [0.3, 0.4) is 0 Å². The largest absolute Gasteiger partial charge is 0.321 e. The second-order valence-electron chi connectivity index (χ2n) is 6.61. The van der Waals surface area contributed by atoms with Crippen LogP contribution in [0.5, 0.6) is 0 Å². The van der Waals surface area contributed by atoms with Crippen LogP contribution >= 0.6 is 0 Å². The van der Waals surface area contributed by atoms with E-state index in [9.17, 15) is 4.79 Å². The lowest BCUT2D eigenvalue weighted by atomic mass is 10.1. The Bertz CT molecular complexity index is 513. The average molecular weight is 287 g/mol. The minimum Gasteiger partial charge on any atom is -0.321 e. The molecule has 4 nitrogen and oxygen atoms in total. The van der Waals surface area contributed by atoms with Crippen molar-refractivity contribution in [1.29, 1.82) is 0 Å². The zero-order valence-electron chi connectivity index (χ0n) is 13.2. The van der Waals surface area contributed by atoms with Crippen LogP contribution < -0.4 is 5.32 Å². The van der Waals surface area contributed by atoms with E-state index in [-0.39, 0.29) is 18.1 Å². The Morgan fingerprint density at radius 1 is 1.29 bits per heavy atom. The maximum Gasteiger partial charge on any atom is 0.241 e. The fraction of sp³-hybridized carbons (Fsp3) is 0.588. The summed E-state index contributed by atoms with van der Waals surface area (Å²) < 4.78 is 0. The van der Waals surface area contributed by atoms with Crippen LogP contribution in [0.4, 0.5) is 0 Å². The SMILES string of the molecule is Cc1ccc(C2NC(C)C(=O)N2CC2CCN(C)C2)cc1. The fourth-order valence-corrected chi connectivity index (χ4v) is 3.45. The minimum atomic E-state index is -0.0876. The number of benzene rings is 1. The van der Waals surface area contributed by atoms with Gasteiger partial charge < -0.3 is 9.80 Å². The molecular formula is C17H25N3O. The van der Waals surface area contributed by atoms with Crippen LogP contribution in [0, 0.1) is 12.8 Å². The lowest BCUT2D eigenvalue weighted by Gasteiger charge is -2.27. The zero-order valence-corrected chi connectivity index (χ0v) is 13.2. The van der Waals surface area contributed by atoms with E-state index in [1.54, 1.807) is 0 Å². The third-order valence-electron chi connectivity index (χ3n) is 4.71. The molecule has 0 radical (unpaired) electrons. The molecule has 1 aromatic rings. The first kappa shape index (κ1) is 14.5. The van der Waals surface area contributed by atoms with Crippen LogP contribution in [-0.2, 0) is 4.79 Å². The summed E-state index contributed by atoms with van der Waals surface area (Å²) >= 11 is 0. The van der Waals surface area contributed by atoms with Crippen LogP contribution in [-0.4, -0.2) is 48.4 Å². The van der Waals surface area contributed by atoms with Crippen molar-refractivity contribution in [3.8, 4) is 0 Å². The van der Waals surface area contributed by atoms with Gasteiger partial charge in [0.25, 0.3) is 0 Å². The van der Waals surface area contributed by atoms with Gasteiger partial charge in [-0.05, 0) is 45.3 Å².